The Bertz CT molecular complexity index is 823. The van der Waals surface area contributed by atoms with Gasteiger partial charge in [-0.2, -0.15) is 0 Å². The van der Waals surface area contributed by atoms with Crippen molar-refractivity contribution in [3.63, 3.8) is 0 Å². The third kappa shape index (κ3) is 4.61. The molecule has 1 N–H and O–H groups in total. The number of carbonyl (C=O) groups is 3. The molecule has 0 bridgehead atoms. The summed E-state index contributed by atoms with van der Waals surface area (Å²) >= 11 is 0. The van der Waals surface area contributed by atoms with Gasteiger partial charge in [0.05, 0.1) is 11.8 Å². The van der Waals surface area contributed by atoms with E-state index in [9.17, 15) is 14.4 Å². The maximum Gasteiger partial charge on any atom is 0.233 e. The lowest BCUT2D eigenvalue weighted by molar-refractivity contribution is -0.140. The van der Waals surface area contributed by atoms with Gasteiger partial charge in [0.1, 0.15) is 0 Å². The summed E-state index contributed by atoms with van der Waals surface area (Å²) in [5, 5.41) is 2.93. The van der Waals surface area contributed by atoms with Gasteiger partial charge in [0, 0.05) is 50.5 Å². The van der Waals surface area contributed by atoms with Crippen molar-refractivity contribution in [3.05, 3.63) is 23.8 Å². The molecular formula is C24H34N4O3. The maximum absolute atomic E-state index is 12.6. The predicted octanol–water partition coefficient (Wildman–Crippen LogP) is 2.64. The van der Waals surface area contributed by atoms with Crippen LogP contribution < -0.4 is 10.2 Å². The second-order valence-electron chi connectivity index (χ2n) is 9.05. The monoisotopic (exact) mass is 426 g/mol. The molecule has 0 spiro atoms. The molecule has 2 atom stereocenters. The summed E-state index contributed by atoms with van der Waals surface area (Å²) in [6, 6.07) is 6.01. The molecule has 3 fully saturated rings. The van der Waals surface area contributed by atoms with E-state index in [1.807, 2.05) is 12.1 Å². The molecule has 1 aromatic rings. The molecule has 2 saturated heterocycles. The van der Waals surface area contributed by atoms with E-state index < -0.39 is 0 Å². The number of hydrogen-bond donors (Lipinski definition) is 1. The van der Waals surface area contributed by atoms with Crippen LogP contribution >= 0.6 is 0 Å². The normalized spacial score (nSPS) is 24.5. The molecule has 2 unspecified atom stereocenters. The molecule has 3 aliphatic rings. The molecule has 7 nitrogen and oxygen atoms in total. The van der Waals surface area contributed by atoms with E-state index in [4.69, 9.17) is 0 Å². The molecule has 2 heterocycles. The first-order chi connectivity index (χ1) is 15.0. The fourth-order valence-corrected chi connectivity index (χ4v) is 5.28. The van der Waals surface area contributed by atoms with Gasteiger partial charge in [0.15, 0.2) is 0 Å². The number of anilines is 2. The minimum absolute atomic E-state index is 0.0779. The van der Waals surface area contributed by atoms with Gasteiger partial charge in [0.25, 0.3) is 0 Å². The molecule has 1 aliphatic carbocycles. The van der Waals surface area contributed by atoms with Gasteiger partial charge in [-0.3, -0.25) is 19.3 Å². The number of benzene rings is 1. The lowest BCUT2D eigenvalue weighted by atomic mass is 9.81. The van der Waals surface area contributed by atoms with Crippen molar-refractivity contribution in [2.45, 2.75) is 46.0 Å². The van der Waals surface area contributed by atoms with E-state index >= 15 is 0 Å². The van der Waals surface area contributed by atoms with Gasteiger partial charge in [0.2, 0.25) is 17.7 Å². The van der Waals surface area contributed by atoms with E-state index in [2.05, 4.69) is 35.0 Å². The summed E-state index contributed by atoms with van der Waals surface area (Å²) in [7, 11) is 0. The Morgan fingerprint density at radius 2 is 1.68 bits per heavy atom. The standard InChI is InChI=1S/C24H34N4O3/c1-3-26-12-14-27(15-13-26)21-9-8-18(16-17(21)2)25-22(29)10-11-28-23(30)19-6-4-5-7-20(19)24(28)31/h8-9,16,19-20H,3-7,10-15H2,1-2H3,(H,25,29). The number of nitrogens with one attached hydrogen (secondary N) is 1. The Morgan fingerprint density at radius 3 is 2.26 bits per heavy atom. The summed E-state index contributed by atoms with van der Waals surface area (Å²) in [4.78, 5) is 43.8. The van der Waals surface area contributed by atoms with Gasteiger partial charge in [-0.15, -0.1) is 0 Å². The fraction of sp³-hybridized carbons (Fsp3) is 0.625. The second-order valence-corrected chi connectivity index (χ2v) is 9.05. The number of likely N-dealkylation sites (tertiary alicyclic amines) is 1. The zero-order valence-corrected chi connectivity index (χ0v) is 18.7. The first-order valence-electron chi connectivity index (χ1n) is 11.7. The predicted molar refractivity (Wildman–Crippen MR) is 121 cm³/mol. The van der Waals surface area contributed by atoms with Crippen LogP contribution in [0.5, 0.6) is 0 Å². The molecule has 0 radical (unpaired) electrons. The number of fused-ring (bicyclic) bond motifs is 1. The molecule has 1 saturated carbocycles. The second kappa shape index (κ2) is 9.39. The molecule has 0 aromatic heterocycles. The molecule has 31 heavy (non-hydrogen) atoms. The number of amides is 3. The Morgan fingerprint density at radius 1 is 1.03 bits per heavy atom. The number of imide groups is 1. The number of likely N-dealkylation sites (N-methyl/N-ethyl adjacent to an activating group) is 1. The molecule has 1 aromatic carbocycles. The zero-order valence-electron chi connectivity index (χ0n) is 18.7. The van der Waals surface area contributed by atoms with Crippen LogP contribution in [0.3, 0.4) is 0 Å². The van der Waals surface area contributed by atoms with Gasteiger partial charge in [-0.05, 0) is 50.1 Å². The van der Waals surface area contributed by atoms with Crippen LogP contribution in [0.25, 0.3) is 0 Å². The lowest BCUT2D eigenvalue weighted by Crippen LogP contribution is -2.46. The molecule has 3 amide bonds. The molecule has 2 aliphatic heterocycles. The van der Waals surface area contributed by atoms with E-state index in [0.717, 1.165) is 69.7 Å². The van der Waals surface area contributed by atoms with E-state index in [0.29, 0.717) is 0 Å². The zero-order chi connectivity index (χ0) is 22.0. The quantitative estimate of drug-likeness (QED) is 0.708. The van der Waals surface area contributed by atoms with Crippen LogP contribution in [0.4, 0.5) is 11.4 Å². The Labute approximate surface area is 184 Å². The summed E-state index contributed by atoms with van der Waals surface area (Å²) < 4.78 is 0. The highest BCUT2D eigenvalue weighted by Gasteiger charge is 2.47. The molecular weight excluding hydrogens is 392 g/mol. The molecule has 7 heteroatoms. The number of hydrogen-bond acceptors (Lipinski definition) is 5. The van der Waals surface area contributed by atoms with Crippen LogP contribution in [0.15, 0.2) is 18.2 Å². The van der Waals surface area contributed by atoms with E-state index in [1.165, 1.54) is 10.6 Å². The summed E-state index contributed by atoms with van der Waals surface area (Å²) in [6.07, 6.45) is 3.76. The highest BCUT2D eigenvalue weighted by atomic mass is 16.2. The van der Waals surface area contributed by atoms with Crippen molar-refractivity contribution in [1.82, 2.24) is 9.80 Å². The number of rotatable bonds is 6. The van der Waals surface area contributed by atoms with Gasteiger partial charge in [-0.25, -0.2) is 0 Å². The SMILES string of the molecule is CCN1CCN(c2ccc(NC(=O)CCN3C(=O)C4CCCCC4C3=O)cc2C)CC1. The smallest absolute Gasteiger partial charge is 0.233 e. The Hall–Kier alpha value is -2.41. The van der Waals surface area contributed by atoms with Crippen LogP contribution in [0, 0.1) is 18.8 Å². The summed E-state index contributed by atoms with van der Waals surface area (Å²) in [5.41, 5.74) is 3.10. The van der Waals surface area contributed by atoms with Crippen LogP contribution in [-0.2, 0) is 14.4 Å². The third-order valence-corrected chi connectivity index (χ3v) is 7.14. The first kappa shape index (κ1) is 21.8. The van der Waals surface area contributed by atoms with Gasteiger partial charge < -0.3 is 15.1 Å². The topological polar surface area (TPSA) is 73.0 Å². The van der Waals surface area contributed by atoms with Crippen LogP contribution in [0.1, 0.15) is 44.6 Å². The molecule has 168 valence electrons. The van der Waals surface area contributed by atoms with Crippen molar-refractivity contribution >= 4 is 29.1 Å². The summed E-state index contributed by atoms with van der Waals surface area (Å²) in [5.74, 6) is -0.631. The number of aryl methyl sites for hydroxylation is 1. The number of piperazine rings is 1. The van der Waals surface area contributed by atoms with E-state index in [1.54, 1.807) is 0 Å². The van der Waals surface area contributed by atoms with Crippen molar-refractivity contribution in [2.24, 2.45) is 11.8 Å². The highest BCUT2D eigenvalue weighted by molar-refractivity contribution is 6.05. The van der Waals surface area contributed by atoms with E-state index in [-0.39, 0.29) is 42.5 Å². The van der Waals surface area contributed by atoms with Crippen molar-refractivity contribution in [1.29, 1.82) is 0 Å². The van der Waals surface area contributed by atoms with Gasteiger partial charge >= 0.3 is 0 Å². The van der Waals surface area contributed by atoms with Crippen LogP contribution in [0.2, 0.25) is 0 Å². The average molecular weight is 427 g/mol. The van der Waals surface area contributed by atoms with Gasteiger partial charge in [-0.1, -0.05) is 19.8 Å². The van der Waals surface area contributed by atoms with Crippen molar-refractivity contribution in [2.75, 3.05) is 49.5 Å². The lowest BCUT2D eigenvalue weighted by Gasteiger charge is -2.36. The van der Waals surface area contributed by atoms with Crippen molar-refractivity contribution < 1.29 is 14.4 Å². The minimum Gasteiger partial charge on any atom is -0.369 e. The summed E-state index contributed by atoms with van der Waals surface area (Å²) in [6.45, 7) is 9.71. The number of nitrogens with zero attached hydrogens (tertiary/aromatic N) is 3. The first-order valence-corrected chi connectivity index (χ1v) is 11.7. The number of carbonyl (C=O) groups excluding carboxylic acids is 3. The third-order valence-electron chi connectivity index (χ3n) is 7.14. The highest BCUT2D eigenvalue weighted by Crippen LogP contribution is 2.38. The Balaban J connectivity index is 1.30. The maximum atomic E-state index is 12.6. The average Bonchev–Trinajstić information content (AvgIpc) is 3.02. The Kier molecular flexibility index (Phi) is 6.60. The minimum atomic E-state index is -0.167. The van der Waals surface area contributed by atoms with Crippen molar-refractivity contribution in [3.8, 4) is 0 Å². The largest absolute Gasteiger partial charge is 0.369 e. The van der Waals surface area contributed by atoms with Crippen LogP contribution in [-0.4, -0.2) is 66.8 Å². The molecule has 4 rings (SSSR count). The fourth-order valence-electron chi connectivity index (χ4n) is 5.28.